The molecular formula is C20H24N2. The number of nitrogens with zero attached hydrogens (tertiary/aromatic N) is 1. The Morgan fingerprint density at radius 1 is 0.864 bits per heavy atom. The summed E-state index contributed by atoms with van der Waals surface area (Å²) in [5.74, 6) is 0. The molecule has 0 radical (unpaired) electrons. The van der Waals surface area contributed by atoms with Crippen molar-refractivity contribution >= 4 is 0 Å². The smallest absolute Gasteiger partial charge is 0.0439 e. The van der Waals surface area contributed by atoms with Crippen LogP contribution < -0.4 is 5.73 Å². The van der Waals surface area contributed by atoms with E-state index in [0.29, 0.717) is 12.1 Å². The highest BCUT2D eigenvalue weighted by Crippen LogP contribution is 2.44. The van der Waals surface area contributed by atoms with Crippen molar-refractivity contribution in [3.05, 3.63) is 71.8 Å². The minimum absolute atomic E-state index is 0.139. The summed E-state index contributed by atoms with van der Waals surface area (Å²) in [4.78, 5) is 2.70. The average Bonchev–Trinajstić information content (AvgIpc) is 2.81. The van der Waals surface area contributed by atoms with Gasteiger partial charge >= 0.3 is 0 Å². The molecule has 2 aromatic rings. The van der Waals surface area contributed by atoms with Crippen LogP contribution in [0.15, 0.2) is 60.7 Å². The number of fused-ring (bicyclic) bond motifs is 2. The molecule has 2 aliphatic rings. The van der Waals surface area contributed by atoms with Crippen LogP contribution in [-0.4, -0.2) is 17.0 Å². The molecular weight excluding hydrogens is 268 g/mol. The maximum absolute atomic E-state index is 6.83. The second kappa shape index (κ2) is 5.53. The first-order valence-electron chi connectivity index (χ1n) is 8.39. The summed E-state index contributed by atoms with van der Waals surface area (Å²) in [7, 11) is 0. The van der Waals surface area contributed by atoms with Crippen LogP contribution in [0.25, 0.3) is 0 Å². The molecule has 0 spiro atoms. The lowest BCUT2D eigenvalue weighted by molar-refractivity contribution is 0.0792. The van der Waals surface area contributed by atoms with E-state index in [4.69, 9.17) is 5.73 Å². The normalized spacial score (nSPS) is 31.3. The molecule has 2 N–H and O–H groups in total. The van der Waals surface area contributed by atoms with Crippen molar-refractivity contribution in [2.75, 3.05) is 0 Å². The number of rotatable bonds is 3. The van der Waals surface area contributed by atoms with Crippen molar-refractivity contribution in [1.29, 1.82) is 0 Å². The average molecular weight is 292 g/mol. The molecule has 114 valence electrons. The van der Waals surface area contributed by atoms with Gasteiger partial charge in [-0.25, -0.2) is 0 Å². The predicted molar refractivity (Wildman–Crippen MR) is 90.3 cm³/mol. The van der Waals surface area contributed by atoms with Crippen LogP contribution in [0.3, 0.4) is 0 Å². The summed E-state index contributed by atoms with van der Waals surface area (Å²) in [6.07, 6.45) is 4.76. The number of hydrogen-bond acceptors (Lipinski definition) is 2. The van der Waals surface area contributed by atoms with Crippen molar-refractivity contribution in [3.8, 4) is 0 Å². The highest BCUT2D eigenvalue weighted by Gasteiger charge is 2.46. The fourth-order valence-electron chi connectivity index (χ4n) is 4.44. The lowest BCUT2D eigenvalue weighted by Gasteiger charge is -2.45. The highest BCUT2D eigenvalue weighted by molar-refractivity contribution is 5.27. The van der Waals surface area contributed by atoms with E-state index in [0.717, 1.165) is 19.4 Å². The Labute approximate surface area is 132 Å². The molecule has 22 heavy (non-hydrogen) atoms. The minimum Gasteiger partial charge on any atom is -0.321 e. The van der Waals surface area contributed by atoms with E-state index in [2.05, 4.69) is 65.6 Å². The van der Waals surface area contributed by atoms with E-state index < -0.39 is 0 Å². The van der Waals surface area contributed by atoms with E-state index in [1.54, 1.807) is 0 Å². The van der Waals surface area contributed by atoms with Gasteiger partial charge in [0.25, 0.3) is 0 Å². The first kappa shape index (κ1) is 14.0. The van der Waals surface area contributed by atoms with Crippen LogP contribution in [0.4, 0.5) is 0 Å². The third-order valence-electron chi connectivity index (χ3n) is 5.53. The van der Waals surface area contributed by atoms with Gasteiger partial charge in [0, 0.05) is 24.2 Å². The molecule has 2 fully saturated rings. The zero-order chi connectivity index (χ0) is 15.0. The van der Waals surface area contributed by atoms with Crippen LogP contribution in [0.1, 0.15) is 36.8 Å². The molecule has 2 nitrogen and oxygen atoms in total. The molecule has 2 heteroatoms. The van der Waals surface area contributed by atoms with Crippen LogP contribution in [0.2, 0.25) is 0 Å². The minimum atomic E-state index is -0.139. The van der Waals surface area contributed by atoms with Crippen LogP contribution in [0.5, 0.6) is 0 Å². The number of piperidine rings is 1. The van der Waals surface area contributed by atoms with E-state index in [-0.39, 0.29) is 5.54 Å². The van der Waals surface area contributed by atoms with Gasteiger partial charge < -0.3 is 5.73 Å². The number of benzene rings is 2. The summed E-state index contributed by atoms with van der Waals surface area (Å²) in [6.45, 7) is 1.07. The topological polar surface area (TPSA) is 29.3 Å². The third-order valence-corrected chi connectivity index (χ3v) is 5.53. The first-order valence-corrected chi connectivity index (χ1v) is 8.39. The van der Waals surface area contributed by atoms with E-state index in [1.165, 1.54) is 24.0 Å². The Morgan fingerprint density at radius 3 is 2.00 bits per heavy atom. The van der Waals surface area contributed by atoms with Crippen LogP contribution in [0, 0.1) is 0 Å². The molecule has 0 aromatic heterocycles. The van der Waals surface area contributed by atoms with Gasteiger partial charge in [0.1, 0.15) is 0 Å². The van der Waals surface area contributed by atoms with Crippen molar-refractivity contribution < 1.29 is 0 Å². The molecule has 4 rings (SSSR count). The van der Waals surface area contributed by atoms with Crippen molar-refractivity contribution in [1.82, 2.24) is 4.90 Å². The molecule has 2 aromatic carbocycles. The molecule has 2 saturated heterocycles. The summed E-state index contributed by atoms with van der Waals surface area (Å²) >= 11 is 0. The molecule has 0 aliphatic carbocycles. The van der Waals surface area contributed by atoms with Crippen molar-refractivity contribution in [2.45, 2.75) is 49.9 Å². The Morgan fingerprint density at radius 2 is 1.41 bits per heavy atom. The maximum atomic E-state index is 6.83. The van der Waals surface area contributed by atoms with Crippen LogP contribution >= 0.6 is 0 Å². The summed E-state index contributed by atoms with van der Waals surface area (Å²) < 4.78 is 0. The molecule has 2 bridgehead atoms. The van der Waals surface area contributed by atoms with Gasteiger partial charge in [-0.2, -0.15) is 0 Å². The lowest BCUT2D eigenvalue weighted by atomic mass is 9.78. The Kier molecular flexibility index (Phi) is 3.51. The van der Waals surface area contributed by atoms with Crippen LogP contribution in [-0.2, 0) is 12.1 Å². The van der Waals surface area contributed by atoms with Gasteiger partial charge in [-0.05, 0) is 36.8 Å². The zero-order valence-corrected chi connectivity index (χ0v) is 13.0. The summed E-state index contributed by atoms with van der Waals surface area (Å²) in [5, 5.41) is 0. The van der Waals surface area contributed by atoms with Gasteiger partial charge in [0.05, 0.1) is 0 Å². The second-order valence-corrected chi connectivity index (χ2v) is 6.97. The Balaban J connectivity index is 1.55. The molecule has 0 saturated carbocycles. The lowest BCUT2D eigenvalue weighted by Crippen LogP contribution is -2.53. The second-order valence-electron chi connectivity index (χ2n) is 6.97. The van der Waals surface area contributed by atoms with Gasteiger partial charge in [0.15, 0.2) is 0 Å². The predicted octanol–water partition coefficient (Wildman–Crippen LogP) is 3.67. The monoisotopic (exact) mass is 292 g/mol. The molecule has 2 aliphatic heterocycles. The standard InChI is InChI=1S/C20H24N2/c21-20(17-9-5-2-6-10-17)13-18-11-12-19(14-20)22(18)15-16-7-3-1-4-8-16/h1-10,18-19H,11-15,21H2. The van der Waals surface area contributed by atoms with Gasteiger partial charge in [-0.15, -0.1) is 0 Å². The largest absolute Gasteiger partial charge is 0.321 e. The summed E-state index contributed by atoms with van der Waals surface area (Å²) in [5.41, 5.74) is 9.42. The molecule has 0 amide bonds. The zero-order valence-electron chi connectivity index (χ0n) is 13.0. The Bertz CT molecular complexity index is 609. The fourth-order valence-corrected chi connectivity index (χ4v) is 4.44. The van der Waals surface area contributed by atoms with Crippen molar-refractivity contribution in [3.63, 3.8) is 0 Å². The molecule has 2 heterocycles. The fraction of sp³-hybridized carbons (Fsp3) is 0.400. The Hall–Kier alpha value is -1.64. The van der Waals surface area contributed by atoms with E-state index >= 15 is 0 Å². The van der Waals surface area contributed by atoms with Gasteiger partial charge in [0.2, 0.25) is 0 Å². The van der Waals surface area contributed by atoms with Gasteiger partial charge in [-0.3, -0.25) is 4.90 Å². The third kappa shape index (κ3) is 2.47. The van der Waals surface area contributed by atoms with E-state index in [1.807, 2.05) is 0 Å². The number of hydrogen-bond donors (Lipinski definition) is 1. The first-order chi connectivity index (χ1) is 10.7. The van der Waals surface area contributed by atoms with E-state index in [9.17, 15) is 0 Å². The molecule has 2 atom stereocenters. The van der Waals surface area contributed by atoms with Gasteiger partial charge in [-0.1, -0.05) is 60.7 Å². The number of nitrogens with two attached hydrogens (primary N) is 1. The van der Waals surface area contributed by atoms with Crippen molar-refractivity contribution in [2.24, 2.45) is 5.73 Å². The summed E-state index contributed by atoms with van der Waals surface area (Å²) in [6, 6.07) is 22.8. The highest BCUT2D eigenvalue weighted by atomic mass is 15.2. The SMILES string of the molecule is NC1(c2ccccc2)CC2CCC(C1)N2Cc1ccccc1. The quantitative estimate of drug-likeness (QED) is 0.935. The maximum Gasteiger partial charge on any atom is 0.0439 e. The molecule has 2 unspecified atom stereocenters.